The number of nitrogens with zero attached hydrogens (tertiary/aromatic N) is 1. The molecule has 1 saturated carbocycles. The average molecular weight is 324 g/mol. The molecule has 1 unspecified atom stereocenters. The van der Waals surface area contributed by atoms with Crippen LogP contribution in [0.5, 0.6) is 0 Å². The van der Waals surface area contributed by atoms with Crippen LogP contribution in [0, 0.1) is 5.92 Å². The maximum absolute atomic E-state index is 13.0. The summed E-state index contributed by atoms with van der Waals surface area (Å²) in [6.45, 7) is 0.514. The molecule has 1 aromatic carbocycles. The van der Waals surface area contributed by atoms with Gasteiger partial charge < -0.3 is 10.4 Å². The summed E-state index contributed by atoms with van der Waals surface area (Å²) >= 11 is 0. The first kappa shape index (κ1) is 16.3. The van der Waals surface area contributed by atoms with E-state index < -0.39 is 13.3 Å². The molecule has 6 heteroatoms. The number of benzene rings is 1. The van der Waals surface area contributed by atoms with Crippen LogP contribution in [-0.4, -0.2) is 47.7 Å². The van der Waals surface area contributed by atoms with E-state index in [0.717, 1.165) is 19.4 Å². The Kier molecular flexibility index (Phi) is 4.92. The fraction of sp³-hybridized carbons (Fsp3) is 0.588. The Balaban J connectivity index is 1.64. The number of amides is 1. The Labute approximate surface area is 134 Å². The number of hydrogen-bond acceptors (Lipinski definition) is 3. The van der Waals surface area contributed by atoms with Gasteiger partial charge in [0.25, 0.3) is 5.91 Å². The van der Waals surface area contributed by atoms with Gasteiger partial charge >= 0.3 is 0 Å². The van der Waals surface area contributed by atoms with Crippen LogP contribution in [0.4, 0.5) is 8.78 Å². The minimum Gasteiger partial charge on any atom is -0.390 e. The van der Waals surface area contributed by atoms with Gasteiger partial charge in [-0.3, -0.25) is 9.69 Å². The van der Waals surface area contributed by atoms with E-state index in [4.69, 9.17) is 0 Å². The lowest BCUT2D eigenvalue weighted by molar-refractivity contribution is -0.00389. The lowest BCUT2D eigenvalue weighted by atomic mass is 10.0. The Morgan fingerprint density at radius 1 is 1.26 bits per heavy atom. The van der Waals surface area contributed by atoms with Gasteiger partial charge in [-0.2, -0.15) is 0 Å². The van der Waals surface area contributed by atoms with Crippen molar-refractivity contribution < 1.29 is 18.7 Å². The van der Waals surface area contributed by atoms with Crippen LogP contribution in [0.15, 0.2) is 18.2 Å². The number of aliphatic hydroxyl groups excluding tert-OH is 1. The molecular formula is C17H22F2N2O2. The van der Waals surface area contributed by atoms with Crippen molar-refractivity contribution in [2.45, 2.75) is 38.3 Å². The van der Waals surface area contributed by atoms with Crippen molar-refractivity contribution >= 4 is 5.91 Å². The molecule has 0 bridgehead atoms. The quantitative estimate of drug-likeness (QED) is 0.804. The van der Waals surface area contributed by atoms with E-state index in [1.54, 1.807) is 6.07 Å². The average Bonchev–Trinajstić information content (AvgIpc) is 3.36. The lowest BCUT2D eigenvalue weighted by Crippen LogP contribution is -2.56. The van der Waals surface area contributed by atoms with E-state index >= 15 is 0 Å². The van der Waals surface area contributed by atoms with Crippen LogP contribution >= 0.6 is 0 Å². The van der Waals surface area contributed by atoms with E-state index in [0.29, 0.717) is 24.6 Å². The summed E-state index contributed by atoms with van der Waals surface area (Å²) < 4.78 is 25.7. The van der Waals surface area contributed by atoms with Crippen molar-refractivity contribution in [1.82, 2.24) is 10.2 Å². The van der Waals surface area contributed by atoms with Crippen molar-refractivity contribution in [1.29, 1.82) is 0 Å². The second-order valence-electron chi connectivity index (χ2n) is 6.54. The lowest BCUT2D eigenvalue weighted by Gasteiger charge is -2.38. The summed E-state index contributed by atoms with van der Waals surface area (Å²) in [7, 11) is 0. The molecule has 1 saturated heterocycles. The second-order valence-corrected chi connectivity index (χ2v) is 6.54. The fourth-order valence-electron chi connectivity index (χ4n) is 3.05. The van der Waals surface area contributed by atoms with Gasteiger partial charge in [0.2, 0.25) is 0 Å². The number of halogens is 2. The van der Waals surface area contributed by atoms with Crippen LogP contribution < -0.4 is 5.32 Å². The highest BCUT2D eigenvalue weighted by Crippen LogP contribution is 2.33. The van der Waals surface area contributed by atoms with E-state index in [2.05, 4.69) is 10.2 Å². The number of β-amino-alcohol motifs (C(OH)–C–C–N with tert-alkyl or cyclic N) is 1. The maximum Gasteiger partial charge on any atom is 0.251 e. The SMILES string of the molecule is O=C(NC(CN1CC(O)C1)C1CC1)c1ccc(CF)c(CF)c1. The van der Waals surface area contributed by atoms with E-state index in [9.17, 15) is 18.7 Å². The predicted octanol–water partition coefficient (Wildman–Crippen LogP) is 1.81. The standard InChI is InChI=1S/C17H22F2N2O2/c18-6-13-4-3-12(5-14(13)7-19)17(23)20-16(11-1-2-11)10-21-8-15(22)9-21/h3-5,11,15-16,22H,1-2,6-10H2,(H,20,23). The Morgan fingerprint density at radius 2 is 1.96 bits per heavy atom. The summed E-state index contributed by atoms with van der Waals surface area (Å²) in [5, 5.41) is 12.4. The molecule has 126 valence electrons. The molecule has 1 amide bonds. The molecule has 1 aromatic rings. The van der Waals surface area contributed by atoms with Gasteiger partial charge in [0, 0.05) is 31.2 Å². The van der Waals surface area contributed by atoms with Crippen molar-refractivity contribution in [3.05, 3.63) is 34.9 Å². The Bertz CT molecular complexity index is 572. The summed E-state index contributed by atoms with van der Waals surface area (Å²) in [6, 6.07) is 4.49. The molecule has 2 fully saturated rings. The molecule has 2 N–H and O–H groups in total. The van der Waals surface area contributed by atoms with E-state index in [1.807, 2.05) is 0 Å². The Morgan fingerprint density at radius 3 is 2.52 bits per heavy atom. The number of rotatable bonds is 7. The topological polar surface area (TPSA) is 52.6 Å². The number of nitrogens with one attached hydrogen (secondary N) is 1. The molecule has 1 atom stereocenters. The second kappa shape index (κ2) is 6.93. The van der Waals surface area contributed by atoms with Gasteiger partial charge in [-0.05, 0) is 42.0 Å². The number of carbonyl (C=O) groups is 1. The molecule has 23 heavy (non-hydrogen) atoms. The number of carbonyl (C=O) groups excluding carboxylic acids is 1. The largest absolute Gasteiger partial charge is 0.390 e. The van der Waals surface area contributed by atoms with Gasteiger partial charge in [-0.25, -0.2) is 8.78 Å². The zero-order valence-corrected chi connectivity index (χ0v) is 13.0. The summed E-state index contributed by atoms with van der Waals surface area (Å²) in [5.41, 5.74) is 0.885. The third kappa shape index (κ3) is 3.87. The van der Waals surface area contributed by atoms with Crippen molar-refractivity contribution in [2.75, 3.05) is 19.6 Å². The van der Waals surface area contributed by atoms with Crippen LogP contribution in [0.25, 0.3) is 0 Å². The molecule has 1 aliphatic heterocycles. The number of hydrogen-bond donors (Lipinski definition) is 2. The highest BCUT2D eigenvalue weighted by Gasteiger charge is 2.36. The molecule has 0 spiro atoms. The summed E-state index contributed by atoms with van der Waals surface area (Å²) in [4.78, 5) is 14.5. The molecule has 1 aliphatic carbocycles. The van der Waals surface area contributed by atoms with Gasteiger partial charge in [-0.1, -0.05) is 6.07 Å². The highest BCUT2D eigenvalue weighted by atomic mass is 19.1. The molecular weight excluding hydrogens is 302 g/mol. The normalized spacial score (nSPS) is 20.1. The maximum atomic E-state index is 13.0. The number of alkyl halides is 2. The van der Waals surface area contributed by atoms with Crippen LogP contribution in [-0.2, 0) is 13.3 Å². The number of aliphatic hydroxyl groups is 1. The molecule has 4 nitrogen and oxygen atoms in total. The van der Waals surface area contributed by atoms with Crippen molar-refractivity contribution in [3.8, 4) is 0 Å². The van der Waals surface area contributed by atoms with Gasteiger partial charge in [0.1, 0.15) is 13.3 Å². The third-order valence-corrected chi connectivity index (χ3v) is 4.66. The smallest absolute Gasteiger partial charge is 0.251 e. The van der Waals surface area contributed by atoms with Crippen LogP contribution in [0.2, 0.25) is 0 Å². The van der Waals surface area contributed by atoms with E-state index in [-0.39, 0.29) is 29.2 Å². The highest BCUT2D eigenvalue weighted by molar-refractivity contribution is 5.94. The summed E-state index contributed by atoms with van der Waals surface area (Å²) in [6.07, 6.45) is 1.93. The fourth-order valence-corrected chi connectivity index (χ4v) is 3.05. The van der Waals surface area contributed by atoms with Gasteiger partial charge in [0.05, 0.1) is 6.10 Å². The van der Waals surface area contributed by atoms with Crippen LogP contribution in [0.1, 0.15) is 34.3 Å². The molecule has 3 rings (SSSR count). The minimum atomic E-state index is -0.780. The third-order valence-electron chi connectivity index (χ3n) is 4.66. The Hall–Kier alpha value is -1.53. The van der Waals surface area contributed by atoms with Crippen molar-refractivity contribution in [2.24, 2.45) is 5.92 Å². The minimum absolute atomic E-state index is 0.0460. The van der Waals surface area contributed by atoms with Crippen LogP contribution in [0.3, 0.4) is 0 Å². The first-order chi connectivity index (χ1) is 11.1. The zero-order valence-electron chi connectivity index (χ0n) is 13.0. The summed E-state index contributed by atoms with van der Waals surface area (Å²) in [5.74, 6) is 0.227. The van der Waals surface area contributed by atoms with Gasteiger partial charge in [-0.15, -0.1) is 0 Å². The first-order valence-electron chi connectivity index (χ1n) is 8.05. The number of likely N-dealkylation sites (tertiary alicyclic amines) is 1. The molecule has 2 aliphatic rings. The molecule has 1 heterocycles. The van der Waals surface area contributed by atoms with Crippen molar-refractivity contribution in [3.63, 3.8) is 0 Å². The zero-order chi connectivity index (χ0) is 16.4. The predicted molar refractivity (Wildman–Crippen MR) is 82.5 cm³/mol. The molecule has 0 radical (unpaired) electrons. The van der Waals surface area contributed by atoms with E-state index in [1.165, 1.54) is 12.1 Å². The molecule has 0 aromatic heterocycles. The monoisotopic (exact) mass is 324 g/mol. The first-order valence-corrected chi connectivity index (χ1v) is 8.05. The van der Waals surface area contributed by atoms with Gasteiger partial charge in [0.15, 0.2) is 0 Å².